The van der Waals surface area contributed by atoms with Gasteiger partial charge in [-0.05, 0) is 24.3 Å². The van der Waals surface area contributed by atoms with E-state index in [2.05, 4.69) is 5.43 Å². The molecule has 0 aliphatic carbocycles. The van der Waals surface area contributed by atoms with Crippen LogP contribution in [0.15, 0.2) is 54.6 Å². The van der Waals surface area contributed by atoms with Gasteiger partial charge in [-0.1, -0.05) is 18.2 Å². The van der Waals surface area contributed by atoms with E-state index in [4.69, 9.17) is 11.8 Å². The normalized spacial score (nSPS) is 9.83. The molecule has 0 radical (unpaired) electrons. The minimum absolute atomic E-state index is 0.0429. The molecule has 2 rings (SSSR count). The van der Waals surface area contributed by atoms with Gasteiger partial charge in [-0.25, -0.2) is 0 Å². The number of hydrogen-bond donors (Lipinski definition) is 1. The molecule has 0 fully saturated rings. The molecule has 0 aromatic heterocycles. The molecule has 2 aromatic rings. The van der Waals surface area contributed by atoms with Gasteiger partial charge in [-0.15, -0.1) is 0 Å². The molecule has 18 heavy (non-hydrogen) atoms. The second-order valence-electron chi connectivity index (χ2n) is 3.53. The zero-order valence-corrected chi connectivity index (χ0v) is 10.0. The Morgan fingerprint density at radius 3 is 2.22 bits per heavy atom. The van der Waals surface area contributed by atoms with Gasteiger partial charge in [0, 0.05) is 23.9 Å². The lowest BCUT2D eigenvalue weighted by atomic mass is 10.3. The van der Waals surface area contributed by atoms with E-state index in [-0.39, 0.29) is 5.69 Å². The zero-order valence-electron chi connectivity index (χ0n) is 9.29. The summed E-state index contributed by atoms with van der Waals surface area (Å²) in [5.74, 6) is 0. The lowest BCUT2D eigenvalue weighted by Crippen LogP contribution is -2.18. The Kier molecular flexibility index (Phi) is 3.64. The highest BCUT2D eigenvalue weighted by atomic mass is 35.5. The van der Waals surface area contributed by atoms with Crippen LogP contribution >= 0.6 is 11.8 Å². The van der Waals surface area contributed by atoms with E-state index >= 15 is 0 Å². The van der Waals surface area contributed by atoms with Crippen molar-refractivity contribution in [2.24, 2.45) is 0 Å². The second kappa shape index (κ2) is 5.37. The third kappa shape index (κ3) is 2.89. The van der Waals surface area contributed by atoms with E-state index < -0.39 is 4.92 Å². The van der Waals surface area contributed by atoms with Crippen LogP contribution in [-0.2, 0) is 0 Å². The number of hydrogen-bond acceptors (Lipinski definition) is 4. The van der Waals surface area contributed by atoms with Gasteiger partial charge in [0.1, 0.15) is 0 Å². The molecule has 6 heteroatoms. The molecule has 92 valence electrons. The minimum atomic E-state index is -0.445. The summed E-state index contributed by atoms with van der Waals surface area (Å²) in [7, 11) is 0. The Bertz CT molecular complexity index is 531. The molecular weight excluding hydrogens is 254 g/mol. The number of benzene rings is 2. The smallest absolute Gasteiger partial charge is 0.269 e. The van der Waals surface area contributed by atoms with Gasteiger partial charge in [-0.3, -0.25) is 15.5 Å². The topological polar surface area (TPSA) is 58.4 Å². The predicted octanol–water partition coefficient (Wildman–Crippen LogP) is 3.58. The van der Waals surface area contributed by atoms with Crippen molar-refractivity contribution in [2.45, 2.75) is 0 Å². The van der Waals surface area contributed by atoms with Crippen molar-refractivity contribution in [1.29, 1.82) is 0 Å². The Balaban J connectivity index is 2.08. The molecule has 5 nitrogen and oxygen atoms in total. The summed E-state index contributed by atoms with van der Waals surface area (Å²) < 4.78 is 1.32. The van der Waals surface area contributed by atoms with E-state index in [9.17, 15) is 10.1 Å². The fraction of sp³-hybridized carbons (Fsp3) is 0. The maximum Gasteiger partial charge on any atom is 0.269 e. The number of rotatable bonds is 4. The number of nitro benzene ring substituents is 1. The molecule has 0 bridgehead atoms. The number of nitro groups is 1. The van der Waals surface area contributed by atoms with Crippen LogP contribution in [0.25, 0.3) is 0 Å². The summed E-state index contributed by atoms with van der Waals surface area (Å²) in [5, 5.41) is 10.5. The molecule has 0 atom stereocenters. The predicted molar refractivity (Wildman–Crippen MR) is 71.5 cm³/mol. The number of hydrazine groups is 1. The number of non-ortho nitro benzene ring substituents is 1. The van der Waals surface area contributed by atoms with Crippen LogP contribution in [0.4, 0.5) is 17.1 Å². The number of anilines is 2. The fourth-order valence-corrected chi connectivity index (χ4v) is 1.60. The van der Waals surface area contributed by atoms with E-state index in [1.165, 1.54) is 16.7 Å². The minimum Gasteiger partial charge on any atom is -0.284 e. The van der Waals surface area contributed by atoms with Gasteiger partial charge < -0.3 is 0 Å². The molecular formula is C12H10ClN3O2. The highest BCUT2D eigenvalue weighted by Crippen LogP contribution is 2.20. The molecule has 0 spiro atoms. The van der Waals surface area contributed by atoms with E-state index in [1.807, 2.05) is 30.3 Å². The van der Waals surface area contributed by atoms with Gasteiger partial charge in [0.05, 0.1) is 16.3 Å². The van der Waals surface area contributed by atoms with Crippen LogP contribution in [-0.4, -0.2) is 4.92 Å². The lowest BCUT2D eigenvalue weighted by molar-refractivity contribution is -0.384. The van der Waals surface area contributed by atoms with Crippen LogP contribution in [0.2, 0.25) is 0 Å². The zero-order chi connectivity index (χ0) is 13.0. The van der Waals surface area contributed by atoms with Crippen LogP contribution in [0.3, 0.4) is 0 Å². The third-order valence-electron chi connectivity index (χ3n) is 2.29. The standard InChI is InChI=1S/C12H10ClN3O2/c13-15(11-4-2-1-3-5-11)14-10-6-8-12(9-7-10)16(17)18/h1-9,14H. The quantitative estimate of drug-likeness (QED) is 0.520. The summed E-state index contributed by atoms with van der Waals surface area (Å²) in [6.07, 6.45) is 0. The fourth-order valence-electron chi connectivity index (χ4n) is 1.39. The van der Waals surface area contributed by atoms with Crippen molar-refractivity contribution in [2.75, 3.05) is 9.95 Å². The van der Waals surface area contributed by atoms with Crippen LogP contribution in [0.5, 0.6) is 0 Å². The van der Waals surface area contributed by atoms with E-state index in [1.54, 1.807) is 12.1 Å². The largest absolute Gasteiger partial charge is 0.284 e. The highest BCUT2D eigenvalue weighted by Gasteiger charge is 2.06. The summed E-state index contributed by atoms with van der Waals surface area (Å²) in [6, 6.07) is 15.3. The maximum absolute atomic E-state index is 10.5. The van der Waals surface area contributed by atoms with Gasteiger partial charge in [0.15, 0.2) is 0 Å². The SMILES string of the molecule is O=[N+]([O-])c1ccc(NN(Cl)c2ccccc2)cc1. The van der Waals surface area contributed by atoms with Gasteiger partial charge in [0.2, 0.25) is 0 Å². The maximum atomic E-state index is 10.5. The Morgan fingerprint density at radius 2 is 1.67 bits per heavy atom. The summed E-state index contributed by atoms with van der Waals surface area (Å²) in [6.45, 7) is 0. The van der Waals surface area contributed by atoms with E-state index in [0.29, 0.717) is 5.69 Å². The Labute approximate surface area is 109 Å². The molecule has 0 saturated heterocycles. The highest BCUT2D eigenvalue weighted by molar-refractivity contribution is 6.26. The van der Waals surface area contributed by atoms with Crippen LogP contribution < -0.4 is 9.95 Å². The van der Waals surface area contributed by atoms with Crippen molar-refractivity contribution < 1.29 is 4.92 Å². The molecule has 1 N–H and O–H groups in total. The average Bonchev–Trinajstić information content (AvgIpc) is 2.40. The first kappa shape index (κ1) is 12.2. The number of nitrogens with one attached hydrogen (secondary N) is 1. The number of nitrogens with zero attached hydrogens (tertiary/aromatic N) is 2. The summed E-state index contributed by atoms with van der Waals surface area (Å²) in [4.78, 5) is 10.1. The summed E-state index contributed by atoms with van der Waals surface area (Å²) in [5.41, 5.74) is 4.39. The Morgan fingerprint density at radius 1 is 1.06 bits per heavy atom. The number of halogens is 1. The van der Waals surface area contributed by atoms with Gasteiger partial charge in [-0.2, -0.15) is 4.53 Å². The monoisotopic (exact) mass is 263 g/mol. The van der Waals surface area contributed by atoms with Crippen LogP contribution in [0, 0.1) is 10.1 Å². The first-order valence-electron chi connectivity index (χ1n) is 5.19. The van der Waals surface area contributed by atoms with Crippen molar-refractivity contribution in [3.63, 3.8) is 0 Å². The second-order valence-corrected chi connectivity index (χ2v) is 3.87. The Hall–Kier alpha value is -2.27. The molecule has 0 heterocycles. The van der Waals surface area contributed by atoms with Gasteiger partial charge in [0.25, 0.3) is 5.69 Å². The molecule has 0 amide bonds. The molecule has 0 unspecified atom stereocenters. The average molecular weight is 264 g/mol. The van der Waals surface area contributed by atoms with Gasteiger partial charge >= 0.3 is 0 Å². The van der Waals surface area contributed by atoms with Crippen molar-refractivity contribution >= 4 is 28.8 Å². The molecule has 0 saturated carbocycles. The molecule has 0 aliphatic rings. The molecule has 0 aliphatic heterocycles. The third-order valence-corrected chi connectivity index (χ3v) is 2.57. The van der Waals surface area contributed by atoms with Crippen molar-refractivity contribution in [1.82, 2.24) is 0 Å². The molecule has 2 aromatic carbocycles. The number of para-hydroxylation sites is 1. The summed E-state index contributed by atoms with van der Waals surface area (Å²) >= 11 is 6.03. The lowest BCUT2D eigenvalue weighted by Gasteiger charge is -2.17. The van der Waals surface area contributed by atoms with Crippen LogP contribution in [0.1, 0.15) is 0 Å². The first-order chi connectivity index (χ1) is 8.66. The van der Waals surface area contributed by atoms with E-state index in [0.717, 1.165) is 5.69 Å². The van der Waals surface area contributed by atoms with Crippen molar-refractivity contribution in [3.05, 3.63) is 64.7 Å². The first-order valence-corrected chi connectivity index (χ1v) is 5.53. The van der Waals surface area contributed by atoms with Crippen molar-refractivity contribution in [3.8, 4) is 0 Å².